The molecule has 3 nitrogen and oxygen atoms in total. The molecule has 0 bridgehead atoms. The maximum Gasteiger partial charge on any atom is 0.0946 e. The summed E-state index contributed by atoms with van der Waals surface area (Å²) in [6, 6.07) is 6.56. The van der Waals surface area contributed by atoms with Gasteiger partial charge in [0, 0.05) is 29.2 Å². The van der Waals surface area contributed by atoms with Crippen LogP contribution in [-0.4, -0.2) is 23.1 Å². The molecule has 1 atom stereocenters. The van der Waals surface area contributed by atoms with Crippen LogP contribution in [0.25, 0.3) is 0 Å². The smallest absolute Gasteiger partial charge is 0.0946 e. The molecule has 102 valence electrons. The van der Waals surface area contributed by atoms with Crippen LogP contribution >= 0.6 is 11.3 Å². The maximum absolute atomic E-state index is 4.62. The lowest BCUT2D eigenvalue weighted by molar-refractivity contribution is 0.516. The lowest BCUT2D eigenvalue weighted by atomic mass is 10.1. The Labute approximate surface area is 119 Å². The van der Waals surface area contributed by atoms with Gasteiger partial charge in [0.1, 0.15) is 0 Å². The zero-order valence-electron chi connectivity index (χ0n) is 11.8. The highest BCUT2D eigenvalue weighted by molar-refractivity contribution is 7.11. The SMILES string of the molecule is CNC(CCc1ccccn1)Cc1nc(C)c(C)s1. The van der Waals surface area contributed by atoms with Gasteiger partial charge in [0.15, 0.2) is 0 Å². The lowest BCUT2D eigenvalue weighted by Gasteiger charge is -2.14. The number of hydrogen-bond acceptors (Lipinski definition) is 4. The van der Waals surface area contributed by atoms with E-state index in [1.54, 1.807) is 0 Å². The van der Waals surface area contributed by atoms with Crippen molar-refractivity contribution in [2.75, 3.05) is 7.05 Å². The Hall–Kier alpha value is -1.26. The second-order valence-electron chi connectivity index (χ2n) is 4.80. The van der Waals surface area contributed by atoms with Crippen LogP contribution in [0.15, 0.2) is 24.4 Å². The topological polar surface area (TPSA) is 37.8 Å². The molecule has 0 aliphatic heterocycles. The van der Waals surface area contributed by atoms with Crippen LogP contribution in [0.1, 0.15) is 27.7 Å². The first-order valence-corrected chi connectivity index (χ1v) is 7.50. The van der Waals surface area contributed by atoms with Crippen molar-refractivity contribution in [2.24, 2.45) is 0 Å². The van der Waals surface area contributed by atoms with Gasteiger partial charge < -0.3 is 5.32 Å². The number of nitrogens with zero attached hydrogens (tertiary/aromatic N) is 2. The Bertz CT molecular complexity index is 488. The average molecular weight is 275 g/mol. The minimum atomic E-state index is 0.465. The minimum Gasteiger partial charge on any atom is -0.317 e. The first-order valence-electron chi connectivity index (χ1n) is 6.69. The molecule has 0 radical (unpaired) electrons. The molecule has 0 aromatic carbocycles. The van der Waals surface area contributed by atoms with Crippen LogP contribution in [0.3, 0.4) is 0 Å². The molecule has 0 spiro atoms. The van der Waals surface area contributed by atoms with Gasteiger partial charge in [-0.15, -0.1) is 11.3 Å². The van der Waals surface area contributed by atoms with Gasteiger partial charge in [-0.3, -0.25) is 4.98 Å². The fourth-order valence-electron chi connectivity index (χ4n) is 2.05. The van der Waals surface area contributed by atoms with Crippen molar-refractivity contribution < 1.29 is 0 Å². The summed E-state index contributed by atoms with van der Waals surface area (Å²) in [5.74, 6) is 0. The third kappa shape index (κ3) is 4.11. The monoisotopic (exact) mass is 275 g/mol. The number of rotatable bonds is 6. The highest BCUT2D eigenvalue weighted by Gasteiger charge is 2.11. The van der Waals surface area contributed by atoms with Crippen molar-refractivity contribution in [3.8, 4) is 0 Å². The molecule has 4 heteroatoms. The molecule has 19 heavy (non-hydrogen) atoms. The molecule has 0 saturated heterocycles. The quantitative estimate of drug-likeness (QED) is 0.881. The average Bonchev–Trinajstić information content (AvgIpc) is 2.74. The zero-order valence-corrected chi connectivity index (χ0v) is 12.6. The first kappa shape index (κ1) is 14.2. The molecule has 0 fully saturated rings. The molecular formula is C15H21N3S. The van der Waals surface area contributed by atoms with Crippen molar-refractivity contribution >= 4 is 11.3 Å². The van der Waals surface area contributed by atoms with Gasteiger partial charge in [-0.05, 0) is 45.9 Å². The predicted octanol–water partition coefficient (Wildman–Crippen LogP) is 2.92. The van der Waals surface area contributed by atoms with E-state index in [1.807, 2.05) is 36.7 Å². The fraction of sp³-hybridized carbons (Fsp3) is 0.467. The second-order valence-corrected chi connectivity index (χ2v) is 6.09. The van der Waals surface area contributed by atoms with Crippen molar-refractivity contribution in [3.05, 3.63) is 45.7 Å². The molecule has 2 heterocycles. The van der Waals surface area contributed by atoms with Crippen molar-refractivity contribution in [3.63, 3.8) is 0 Å². The molecule has 2 aromatic heterocycles. The standard InChI is InChI=1S/C15H21N3S/c1-11-12(2)19-15(18-11)10-14(16-3)8-7-13-6-4-5-9-17-13/h4-6,9,14,16H,7-8,10H2,1-3H3. The summed E-state index contributed by atoms with van der Waals surface area (Å²) >= 11 is 1.81. The summed E-state index contributed by atoms with van der Waals surface area (Å²) in [5, 5.41) is 4.62. The van der Waals surface area contributed by atoms with E-state index in [2.05, 4.69) is 35.2 Å². The Morgan fingerprint density at radius 2 is 2.16 bits per heavy atom. The summed E-state index contributed by atoms with van der Waals surface area (Å²) < 4.78 is 0. The van der Waals surface area contributed by atoms with Crippen molar-refractivity contribution in [1.29, 1.82) is 0 Å². The normalized spacial score (nSPS) is 12.6. The molecule has 0 aliphatic rings. The van der Waals surface area contributed by atoms with Crippen LogP contribution in [0.4, 0.5) is 0 Å². The highest BCUT2D eigenvalue weighted by atomic mass is 32.1. The van der Waals surface area contributed by atoms with E-state index in [0.29, 0.717) is 6.04 Å². The first-order chi connectivity index (χ1) is 9.19. The van der Waals surface area contributed by atoms with Gasteiger partial charge in [-0.1, -0.05) is 6.07 Å². The Morgan fingerprint density at radius 1 is 1.32 bits per heavy atom. The maximum atomic E-state index is 4.62. The van der Waals surface area contributed by atoms with Gasteiger partial charge in [0.2, 0.25) is 0 Å². The fourth-order valence-corrected chi connectivity index (χ4v) is 3.07. The van der Waals surface area contributed by atoms with Gasteiger partial charge in [0.05, 0.1) is 10.7 Å². The summed E-state index contributed by atoms with van der Waals surface area (Å²) in [7, 11) is 2.02. The molecule has 0 amide bonds. The molecular weight excluding hydrogens is 254 g/mol. The largest absolute Gasteiger partial charge is 0.317 e. The zero-order chi connectivity index (χ0) is 13.7. The number of thiazole rings is 1. The summed E-state index contributed by atoms with van der Waals surface area (Å²) in [6.07, 6.45) is 4.96. The van der Waals surface area contributed by atoms with Crippen molar-refractivity contribution in [2.45, 2.75) is 39.2 Å². The third-order valence-electron chi connectivity index (χ3n) is 3.38. The van der Waals surface area contributed by atoms with Crippen LogP contribution < -0.4 is 5.32 Å². The minimum absolute atomic E-state index is 0.465. The van der Waals surface area contributed by atoms with Crippen molar-refractivity contribution in [1.82, 2.24) is 15.3 Å². The molecule has 1 N–H and O–H groups in total. The second kappa shape index (κ2) is 6.78. The van der Waals surface area contributed by atoms with E-state index in [-0.39, 0.29) is 0 Å². The number of likely N-dealkylation sites (N-methyl/N-ethyl adjacent to an activating group) is 1. The van der Waals surface area contributed by atoms with Gasteiger partial charge in [0.25, 0.3) is 0 Å². The Balaban J connectivity index is 1.90. The van der Waals surface area contributed by atoms with Gasteiger partial charge in [-0.25, -0.2) is 4.98 Å². The summed E-state index contributed by atoms with van der Waals surface area (Å²) in [4.78, 5) is 10.3. The van der Waals surface area contributed by atoms with Crippen LogP contribution in [-0.2, 0) is 12.8 Å². The number of nitrogens with one attached hydrogen (secondary N) is 1. The molecule has 2 rings (SSSR count). The number of pyridine rings is 1. The van der Waals surface area contributed by atoms with E-state index in [0.717, 1.165) is 25.0 Å². The number of aryl methyl sites for hydroxylation is 3. The molecule has 0 aliphatic carbocycles. The van der Waals surface area contributed by atoms with E-state index in [9.17, 15) is 0 Å². The molecule has 2 aromatic rings. The van der Waals surface area contributed by atoms with E-state index in [1.165, 1.54) is 15.6 Å². The van der Waals surface area contributed by atoms with Crippen LogP contribution in [0.2, 0.25) is 0 Å². The third-order valence-corrected chi connectivity index (χ3v) is 4.47. The Morgan fingerprint density at radius 3 is 2.74 bits per heavy atom. The van der Waals surface area contributed by atoms with E-state index in [4.69, 9.17) is 0 Å². The molecule has 1 unspecified atom stereocenters. The van der Waals surface area contributed by atoms with E-state index < -0.39 is 0 Å². The lowest BCUT2D eigenvalue weighted by Crippen LogP contribution is -2.28. The van der Waals surface area contributed by atoms with Crippen LogP contribution in [0, 0.1) is 13.8 Å². The molecule has 0 saturated carbocycles. The number of aromatic nitrogens is 2. The van der Waals surface area contributed by atoms with Gasteiger partial charge >= 0.3 is 0 Å². The van der Waals surface area contributed by atoms with Gasteiger partial charge in [-0.2, -0.15) is 0 Å². The number of hydrogen-bond donors (Lipinski definition) is 1. The Kier molecular flexibility index (Phi) is 5.05. The van der Waals surface area contributed by atoms with Crippen LogP contribution in [0.5, 0.6) is 0 Å². The predicted molar refractivity (Wildman–Crippen MR) is 80.7 cm³/mol. The highest BCUT2D eigenvalue weighted by Crippen LogP contribution is 2.18. The summed E-state index contributed by atoms with van der Waals surface area (Å²) in [5.41, 5.74) is 2.33. The van der Waals surface area contributed by atoms with E-state index >= 15 is 0 Å². The summed E-state index contributed by atoms with van der Waals surface area (Å²) in [6.45, 7) is 4.22.